The molecule has 0 amide bonds. The molecule has 1 aromatic rings. The van der Waals surface area contributed by atoms with E-state index in [1.165, 1.54) is 30.8 Å². The SMILES string of the molecule is O=[N+]([O-])c1ccccc1[At]. The van der Waals surface area contributed by atoms with Crippen LogP contribution in [-0.4, -0.2) is 4.92 Å². The average Bonchev–Trinajstić information content (AvgIpc) is 1.88. The molecular weight excluding hydrogens is 328 g/mol. The van der Waals surface area contributed by atoms with Crippen molar-refractivity contribution in [1.82, 2.24) is 0 Å². The minimum atomic E-state index is -0.366. The zero-order chi connectivity index (χ0) is 7.56. The molecule has 3 nitrogen and oxygen atoms in total. The van der Waals surface area contributed by atoms with E-state index >= 15 is 0 Å². The minimum absolute atomic E-state index is 0.208. The zero-order valence-electron chi connectivity index (χ0n) is 4.95. The van der Waals surface area contributed by atoms with Crippen molar-refractivity contribution in [3.05, 3.63) is 34.4 Å². The molecule has 0 unspecified atom stereocenters. The van der Waals surface area contributed by atoms with E-state index in [2.05, 4.69) is 0 Å². The van der Waals surface area contributed by atoms with Crippen molar-refractivity contribution >= 4 is 8.96 Å². The van der Waals surface area contributed by atoms with Crippen LogP contribution >= 0.6 is 0 Å². The average molecular weight is 332 g/mol. The molecule has 0 aromatic heterocycles. The molecule has 0 spiro atoms. The molecule has 0 aliphatic carbocycles. The van der Waals surface area contributed by atoms with Gasteiger partial charge in [0.25, 0.3) is 0 Å². The molecule has 0 atom stereocenters. The third-order valence-electron chi connectivity index (χ3n) is 1.05. The molecule has 10 heavy (non-hydrogen) atoms. The zero-order valence-corrected chi connectivity index (χ0v) is 7.89. The Morgan fingerprint density at radius 1 is 1.40 bits per heavy atom. The van der Waals surface area contributed by atoms with Gasteiger partial charge in [-0.1, -0.05) is 0 Å². The molecule has 0 aliphatic heterocycles. The van der Waals surface area contributed by atoms with Gasteiger partial charge in [0.1, 0.15) is 0 Å². The summed E-state index contributed by atoms with van der Waals surface area (Å²) >= 11 is 1.32. The Morgan fingerprint density at radius 3 is 2.40 bits per heavy atom. The van der Waals surface area contributed by atoms with E-state index < -0.39 is 0 Å². The van der Waals surface area contributed by atoms with Gasteiger partial charge in [0.15, 0.2) is 0 Å². The van der Waals surface area contributed by atoms with E-state index in [0.29, 0.717) is 0 Å². The van der Waals surface area contributed by atoms with E-state index in [0.717, 1.165) is 3.27 Å². The first-order valence-electron chi connectivity index (χ1n) is 2.61. The van der Waals surface area contributed by atoms with Crippen molar-refractivity contribution in [3.8, 4) is 0 Å². The van der Waals surface area contributed by atoms with Crippen molar-refractivity contribution < 1.29 is 29.6 Å². The number of para-hydroxylation sites is 1. The van der Waals surface area contributed by atoms with Crippen LogP contribution < -0.4 is 3.27 Å². The Balaban J connectivity index is 3.15. The second kappa shape index (κ2) is 3.06. The van der Waals surface area contributed by atoms with Gasteiger partial charge in [-0.2, -0.15) is 0 Å². The second-order valence-corrected chi connectivity index (χ2v) is 3.29. The van der Waals surface area contributed by atoms with Crippen molar-refractivity contribution in [2.45, 2.75) is 0 Å². The molecule has 0 bridgehead atoms. The summed E-state index contributed by atoms with van der Waals surface area (Å²) in [5.41, 5.74) is 0.208. The fourth-order valence-corrected chi connectivity index (χ4v) is 1.40. The Kier molecular flexibility index (Phi) is 2.33. The van der Waals surface area contributed by atoms with Gasteiger partial charge in [-0.15, -0.1) is 0 Å². The molecular formula is C6H4AtNO2. The number of hydrogen-bond acceptors (Lipinski definition) is 2. The van der Waals surface area contributed by atoms with E-state index in [4.69, 9.17) is 0 Å². The second-order valence-electron chi connectivity index (χ2n) is 1.71. The number of nitrogens with zero attached hydrogens (tertiary/aromatic N) is 1. The van der Waals surface area contributed by atoms with Gasteiger partial charge < -0.3 is 0 Å². The van der Waals surface area contributed by atoms with Crippen LogP contribution in [0.3, 0.4) is 0 Å². The van der Waals surface area contributed by atoms with Crippen LogP contribution in [0.15, 0.2) is 24.3 Å². The summed E-state index contributed by atoms with van der Waals surface area (Å²) in [7, 11) is 0. The number of hydrogen-bond donors (Lipinski definition) is 0. The van der Waals surface area contributed by atoms with Crippen molar-refractivity contribution in [2.24, 2.45) is 0 Å². The van der Waals surface area contributed by atoms with Gasteiger partial charge in [-0.3, -0.25) is 0 Å². The molecule has 1 rings (SSSR count). The van der Waals surface area contributed by atoms with Crippen LogP contribution in [0.2, 0.25) is 0 Å². The summed E-state index contributed by atoms with van der Waals surface area (Å²) in [6, 6.07) is 6.72. The predicted molar refractivity (Wildman–Crippen MR) is 32.7 cm³/mol. The van der Waals surface area contributed by atoms with Crippen molar-refractivity contribution in [3.63, 3.8) is 0 Å². The Morgan fingerprint density at radius 2 is 2.00 bits per heavy atom. The maximum absolute atomic E-state index is 10.2. The quantitative estimate of drug-likeness (QED) is 0.563. The predicted octanol–water partition coefficient (Wildman–Crippen LogP) is 0.769. The van der Waals surface area contributed by atoms with Crippen LogP contribution in [0.4, 0.5) is 5.69 Å². The topological polar surface area (TPSA) is 43.1 Å². The molecule has 4 heteroatoms. The summed E-state index contributed by atoms with van der Waals surface area (Å²) < 4.78 is 0.757. The van der Waals surface area contributed by atoms with E-state index in [-0.39, 0.29) is 10.6 Å². The van der Waals surface area contributed by atoms with Crippen LogP contribution in [-0.2, 0) is 0 Å². The third kappa shape index (κ3) is 1.51. The molecule has 0 aliphatic rings. The van der Waals surface area contributed by atoms with Gasteiger partial charge in [-0.25, -0.2) is 0 Å². The van der Waals surface area contributed by atoms with E-state index in [1.807, 2.05) is 0 Å². The molecule has 0 fully saturated rings. The fraction of sp³-hybridized carbons (Fsp3) is 0. The Hall–Kier alpha value is -0.497. The van der Waals surface area contributed by atoms with Crippen LogP contribution in [0.25, 0.3) is 0 Å². The molecule has 0 saturated heterocycles. The molecule has 52 valence electrons. The first-order valence-corrected chi connectivity index (χ1v) is 4.07. The maximum atomic E-state index is 10.2. The summed E-state index contributed by atoms with van der Waals surface area (Å²) in [6.07, 6.45) is 0. The summed E-state index contributed by atoms with van der Waals surface area (Å²) in [5.74, 6) is 0. The Labute approximate surface area is 73.1 Å². The molecule has 0 saturated carbocycles. The molecule has 0 radical (unpaired) electrons. The Bertz CT molecular complexity index is 262. The van der Waals surface area contributed by atoms with E-state index in [1.54, 1.807) is 18.2 Å². The van der Waals surface area contributed by atoms with Gasteiger partial charge in [0.2, 0.25) is 0 Å². The number of rotatable bonds is 1. The van der Waals surface area contributed by atoms with Gasteiger partial charge >= 0.3 is 73.0 Å². The van der Waals surface area contributed by atoms with Crippen LogP contribution in [0, 0.1) is 34.8 Å². The first kappa shape index (κ1) is 7.61. The fourth-order valence-electron chi connectivity index (χ4n) is 0.600. The van der Waals surface area contributed by atoms with E-state index in [9.17, 15) is 10.1 Å². The van der Waals surface area contributed by atoms with Gasteiger partial charge in [0, 0.05) is 0 Å². The molecule has 1 aromatic carbocycles. The standard InChI is InChI=1S/C6H4AtNO2/c7-5-3-1-2-4-6(5)8(9)10/h1-4H. The van der Waals surface area contributed by atoms with Gasteiger partial charge in [0.05, 0.1) is 0 Å². The summed E-state index contributed by atoms with van der Waals surface area (Å²) in [6.45, 7) is 0. The summed E-state index contributed by atoms with van der Waals surface area (Å²) in [4.78, 5) is 9.87. The van der Waals surface area contributed by atoms with Crippen LogP contribution in [0.1, 0.15) is 0 Å². The number of nitro groups is 1. The molecule has 0 N–H and O–H groups in total. The third-order valence-corrected chi connectivity index (χ3v) is 2.29. The monoisotopic (exact) mass is 332 g/mol. The van der Waals surface area contributed by atoms with Crippen molar-refractivity contribution in [2.75, 3.05) is 0 Å². The first-order chi connectivity index (χ1) is 4.72. The van der Waals surface area contributed by atoms with Gasteiger partial charge in [-0.05, 0) is 0 Å². The van der Waals surface area contributed by atoms with Crippen LogP contribution in [0.5, 0.6) is 0 Å². The van der Waals surface area contributed by atoms with Crippen molar-refractivity contribution in [1.29, 1.82) is 0 Å². The normalized spacial score (nSPS) is 9.30. The summed E-state index contributed by atoms with van der Waals surface area (Å²) in [5, 5.41) is 10.2. The molecule has 0 heterocycles. The number of benzene rings is 1. The number of nitro benzene ring substituents is 1.